The fourth-order valence-electron chi connectivity index (χ4n) is 3.27. The van der Waals surface area contributed by atoms with Gasteiger partial charge in [0, 0.05) is 19.1 Å². The van der Waals surface area contributed by atoms with Gasteiger partial charge in [0.15, 0.2) is 6.47 Å². The van der Waals surface area contributed by atoms with Gasteiger partial charge in [0.2, 0.25) is 0 Å². The SMILES string of the molecule is CC(c1ccc(-c2c[c-]c(O[C-]=O)cc2)cc1)[C@@H](C#N)NC(=O)[C@@H]1CNCCCO1.[CH3-].[Li+]. The first-order chi connectivity index (χ1) is 14.6. The Morgan fingerprint density at radius 3 is 2.66 bits per heavy atom. The first-order valence-electron chi connectivity index (χ1n) is 9.80. The summed E-state index contributed by atoms with van der Waals surface area (Å²) in [5.41, 5.74) is 2.81. The first kappa shape index (κ1) is 27.4. The number of benzene rings is 2. The molecule has 1 heterocycles. The van der Waals surface area contributed by atoms with Crippen molar-refractivity contribution in [1.29, 1.82) is 5.26 Å². The molecule has 1 unspecified atom stereocenters. The fourth-order valence-corrected chi connectivity index (χ4v) is 3.27. The Kier molecular flexibility index (Phi) is 11.8. The number of amides is 1. The zero-order valence-corrected chi connectivity index (χ0v) is 18.7. The van der Waals surface area contributed by atoms with Crippen LogP contribution in [-0.2, 0) is 14.3 Å². The van der Waals surface area contributed by atoms with Gasteiger partial charge >= 0.3 is 18.9 Å². The van der Waals surface area contributed by atoms with Crippen LogP contribution in [0.25, 0.3) is 11.1 Å². The number of nitrogens with one attached hydrogen (secondary N) is 2. The molecule has 0 saturated carbocycles. The summed E-state index contributed by atoms with van der Waals surface area (Å²) in [6, 6.07) is 17.3. The molecule has 164 valence electrons. The summed E-state index contributed by atoms with van der Waals surface area (Å²) in [5, 5.41) is 15.6. The average molecular weight is 427 g/mol. The second kappa shape index (κ2) is 13.7. The van der Waals surface area contributed by atoms with Crippen LogP contribution in [0.5, 0.6) is 5.75 Å². The molecule has 0 spiro atoms. The van der Waals surface area contributed by atoms with Crippen molar-refractivity contribution in [3.63, 3.8) is 0 Å². The third-order valence-electron chi connectivity index (χ3n) is 5.08. The van der Waals surface area contributed by atoms with E-state index in [0.29, 0.717) is 18.9 Å². The number of hydrogen-bond acceptors (Lipinski definition) is 6. The van der Waals surface area contributed by atoms with E-state index >= 15 is 0 Å². The zero-order valence-electron chi connectivity index (χ0n) is 18.7. The van der Waals surface area contributed by atoms with Crippen molar-refractivity contribution in [2.75, 3.05) is 19.7 Å². The third kappa shape index (κ3) is 7.22. The van der Waals surface area contributed by atoms with Crippen molar-refractivity contribution in [3.05, 3.63) is 61.5 Å². The number of carbonyl (C=O) groups is 1. The van der Waals surface area contributed by atoms with Crippen LogP contribution in [0.2, 0.25) is 0 Å². The van der Waals surface area contributed by atoms with Crippen LogP contribution >= 0.6 is 0 Å². The van der Waals surface area contributed by atoms with Gasteiger partial charge in [-0.25, -0.2) is 12.1 Å². The fraction of sp³-hybridized carbons (Fsp3) is 0.333. The van der Waals surface area contributed by atoms with E-state index in [-0.39, 0.29) is 38.1 Å². The molecule has 1 fully saturated rings. The molecule has 0 aliphatic carbocycles. The van der Waals surface area contributed by atoms with Crippen molar-refractivity contribution < 1.29 is 37.9 Å². The van der Waals surface area contributed by atoms with Gasteiger partial charge in [0.1, 0.15) is 12.1 Å². The van der Waals surface area contributed by atoms with E-state index in [2.05, 4.69) is 27.5 Å². The minimum absolute atomic E-state index is 0. The summed E-state index contributed by atoms with van der Waals surface area (Å²) in [7, 11) is 0. The second-order valence-corrected chi connectivity index (χ2v) is 7.07. The summed E-state index contributed by atoms with van der Waals surface area (Å²) < 4.78 is 10.2. The van der Waals surface area contributed by atoms with Crippen molar-refractivity contribution >= 4 is 12.4 Å². The van der Waals surface area contributed by atoms with E-state index in [4.69, 9.17) is 4.74 Å². The Hall–Kier alpha value is -2.61. The molecule has 1 aliphatic rings. The van der Waals surface area contributed by atoms with Gasteiger partial charge in [-0.1, -0.05) is 36.8 Å². The molecule has 2 N–H and O–H groups in total. The standard InChI is InChI=1S/C23H23N3O4.CH3.Li/c1-16(21(13-24)26-23(28)22-14-25-11-2-12-29-22)17-3-5-18(6-4-17)19-7-9-20(10-8-19)30-15-27;;/h3-9,16,21-22,25H,2,11-12,14H2,1H3,(H,26,28);1H3;/q-2;-1;+1/t16?,21-,22+;;/m1../s1. The molecule has 3 rings (SSSR count). The van der Waals surface area contributed by atoms with Gasteiger partial charge in [-0.15, -0.1) is 11.3 Å². The molecule has 0 bridgehead atoms. The van der Waals surface area contributed by atoms with Crippen LogP contribution in [-0.4, -0.2) is 44.2 Å². The normalized spacial score (nSPS) is 17.2. The predicted octanol–water partition coefficient (Wildman–Crippen LogP) is -0.456. The Morgan fingerprint density at radius 1 is 1.31 bits per heavy atom. The molecule has 3 atom stereocenters. The van der Waals surface area contributed by atoms with Crippen molar-refractivity contribution in [2.24, 2.45) is 0 Å². The van der Waals surface area contributed by atoms with Crippen LogP contribution < -0.4 is 34.2 Å². The molecule has 0 radical (unpaired) electrons. The monoisotopic (exact) mass is 427 g/mol. The Labute approximate surface area is 201 Å². The van der Waals surface area contributed by atoms with E-state index in [1.54, 1.807) is 12.1 Å². The molecule has 2 aromatic rings. The maximum Gasteiger partial charge on any atom is 1.00 e. The Bertz CT molecular complexity index is 889. The summed E-state index contributed by atoms with van der Waals surface area (Å²) in [4.78, 5) is 22.8. The summed E-state index contributed by atoms with van der Waals surface area (Å²) in [6.07, 6.45) is 0.273. The number of rotatable bonds is 7. The predicted molar refractivity (Wildman–Crippen MR) is 117 cm³/mol. The molecular formula is C24H26LiN3O4-2. The summed E-state index contributed by atoms with van der Waals surface area (Å²) in [6.45, 7) is 5.06. The quantitative estimate of drug-likeness (QED) is 0.459. The van der Waals surface area contributed by atoms with Gasteiger partial charge in [-0.05, 0) is 18.5 Å². The van der Waals surface area contributed by atoms with E-state index in [1.165, 1.54) is 6.47 Å². The minimum atomic E-state index is -0.667. The number of nitrogens with zero attached hydrogens (tertiary/aromatic N) is 1. The van der Waals surface area contributed by atoms with Crippen LogP contribution in [0, 0.1) is 24.8 Å². The van der Waals surface area contributed by atoms with Gasteiger partial charge in [-0.3, -0.25) is 4.79 Å². The number of ether oxygens (including phenoxy) is 2. The minimum Gasteiger partial charge on any atom is -0.634 e. The van der Waals surface area contributed by atoms with Crippen LogP contribution in [0.15, 0.2) is 42.5 Å². The number of hydrogen-bond donors (Lipinski definition) is 2. The van der Waals surface area contributed by atoms with Gasteiger partial charge in [-0.2, -0.15) is 17.4 Å². The smallest absolute Gasteiger partial charge is 0.634 e. The van der Waals surface area contributed by atoms with Crippen molar-refractivity contribution in [2.45, 2.75) is 31.4 Å². The number of carbonyl (C=O) groups excluding carboxylic acids is 2. The van der Waals surface area contributed by atoms with Crippen molar-refractivity contribution in [3.8, 4) is 22.9 Å². The average Bonchev–Trinajstić information content (AvgIpc) is 3.07. The van der Waals surface area contributed by atoms with Crippen LogP contribution in [0.1, 0.15) is 24.8 Å². The molecule has 7 nitrogen and oxygen atoms in total. The molecular weight excluding hydrogens is 401 g/mol. The first-order valence-corrected chi connectivity index (χ1v) is 9.80. The maximum absolute atomic E-state index is 12.5. The molecule has 1 saturated heterocycles. The van der Waals surface area contributed by atoms with E-state index in [0.717, 1.165) is 29.7 Å². The second-order valence-electron chi connectivity index (χ2n) is 7.07. The van der Waals surface area contributed by atoms with E-state index in [1.807, 2.05) is 37.3 Å². The molecule has 2 aromatic carbocycles. The molecule has 1 aliphatic heterocycles. The van der Waals surface area contributed by atoms with Gasteiger partial charge < -0.3 is 32.3 Å². The Balaban J connectivity index is 0.00000256. The molecule has 32 heavy (non-hydrogen) atoms. The topological polar surface area (TPSA) is 100 Å². The van der Waals surface area contributed by atoms with Crippen LogP contribution in [0.3, 0.4) is 0 Å². The number of nitriles is 1. The summed E-state index contributed by atoms with van der Waals surface area (Å²) in [5.74, 6) is -0.165. The van der Waals surface area contributed by atoms with E-state index in [9.17, 15) is 14.9 Å². The Morgan fingerprint density at radius 2 is 2.03 bits per heavy atom. The molecule has 1 amide bonds. The molecule has 0 aromatic heterocycles. The van der Waals surface area contributed by atoms with Crippen molar-refractivity contribution in [1.82, 2.24) is 10.6 Å². The van der Waals surface area contributed by atoms with E-state index < -0.39 is 12.1 Å². The maximum atomic E-state index is 12.5. The zero-order chi connectivity index (χ0) is 21.3. The van der Waals surface area contributed by atoms with Gasteiger partial charge in [0.25, 0.3) is 5.91 Å². The summed E-state index contributed by atoms with van der Waals surface area (Å²) >= 11 is 0. The van der Waals surface area contributed by atoms with Gasteiger partial charge in [0.05, 0.1) is 6.07 Å². The third-order valence-corrected chi connectivity index (χ3v) is 5.08. The largest absolute Gasteiger partial charge is 1.00 e. The van der Waals surface area contributed by atoms with Crippen LogP contribution in [0.4, 0.5) is 0 Å². The molecule has 8 heteroatoms.